The van der Waals surface area contributed by atoms with Crippen LogP contribution in [-0.2, 0) is 11.2 Å². The summed E-state index contributed by atoms with van der Waals surface area (Å²) in [7, 11) is 0. The minimum atomic E-state index is -0.516. The molecule has 1 aromatic rings. The first kappa shape index (κ1) is 18.7. The lowest BCUT2D eigenvalue weighted by atomic mass is 10.1. The number of benzene rings is 1. The second-order valence-electron chi connectivity index (χ2n) is 5.73. The first-order chi connectivity index (χ1) is 10.5. The summed E-state index contributed by atoms with van der Waals surface area (Å²) >= 11 is 0. The first-order valence-electron chi connectivity index (χ1n) is 8.17. The van der Waals surface area contributed by atoms with Crippen LogP contribution in [0.25, 0.3) is 0 Å². The molecule has 0 saturated carbocycles. The minimum absolute atomic E-state index is 0.202. The molecule has 0 aliphatic heterocycles. The van der Waals surface area contributed by atoms with Gasteiger partial charge in [-0.05, 0) is 43.9 Å². The van der Waals surface area contributed by atoms with Crippen LogP contribution in [0.4, 0.5) is 0 Å². The number of rotatable bonds is 11. The fourth-order valence-electron chi connectivity index (χ4n) is 2.20. The zero-order valence-corrected chi connectivity index (χ0v) is 14.0. The SMILES string of the molecule is CCC(CC)NCC(O)COc1ccc(CCC(C)=O)cc1. The highest BCUT2D eigenvalue weighted by atomic mass is 16.5. The van der Waals surface area contributed by atoms with E-state index in [4.69, 9.17) is 4.74 Å². The van der Waals surface area contributed by atoms with Gasteiger partial charge in [0, 0.05) is 19.0 Å². The van der Waals surface area contributed by atoms with Crippen molar-refractivity contribution in [2.24, 2.45) is 0 Å². The second-order valence-corrected chi connectivity index (χ2v) is 5.73. The van der Waals surface area contributed by atoms with Crippen LogP contribution in [0.5, 0.6) is 5.75 Å². The summed E-state index contributed by atoms with van der Waals surface area (Å²) in [5.74, 6) is 0.946. The highest BCUT2D eigenvalue weighted by molar-refractivity contribution is 5.75. The van der Waals surface area contributed by atoms with Gasteiger partial charge in [-0.25, -0.2) is 0 Å². The van der Waals surface area contributed by atoms with E-state index in [2.05, 4.69) is 19.2 Å². The Balaban J connectivity index is 2.30. The lowest BCUT2D eigenvalue weighted by Gasteiger charge is -2.18. The lowest BCUT2D eigenvalue weighted by molar-refractivity contribution is -0.116. The van der Waals surface area contributed by atoms with Gasteiger partial charge >= 0.3 is 0 Å². The van der Waals surface area contributed by atoms with Crippen LogP contribution < -0.4 is 10.1 Å². The van der Waals surface area contributed by atoms with Crippen LogP contribution in [0.1, 0.15) is 45.6 Å². The maximum absolute atomic E-state index is 11.0. The molecule has 0 bridgehead atoms. The summed E-state index contributed by atoms with van der Waals surface area (Å²) in [6.07, 6.45) is 2.94. The second kappa shape index (κ2) is 10.4. The monoisotopic (exact) mass is 307 g/mol. The molecule has 22 heavy (non-hydrogen) atoms. The summed E-state index contributed by atoms with van der Waals surface area (Å²) < 4.78 is 5.59. The van der Waals surface area contributed by atoms with Gasteiger partial charge in [0.1, 0.15) is 24.2 Å². The number of hydrogen-bond donors (Lipinski definition) is 2. The lowest BCUT2D eigenvalue weighted by Crippen LogP contribution is -2.37. The molecular weight excluding hydrogens is 278 g/mol. The number of aliphatic hydroxyl groups excluding tert-OH is 1. The average molecular weight is 307 g/mol. The van der Waals surface area contributed by atoms with E-state index in [1.54, 1.807) is 6.92 Å². The molecule has 4 heteroatoms. The van der Waals surface area contributed by atoms with Crippen molar-refractivity contribution < 1.29 is 14.6 Å². The standard InChI is InChI=1S/C18H29NO3/c1-4-16(5-2)19-12-17(21)13-22-18-10-8-15(9-11-18)7-6-14(3)20/h8-11,16-17,19,21H,4-7,12-13H2,1-3H3. The van der Waals surface area contributed by atoms with Crippen LogP contribution in [0, 0.1) is 0 Å². The van der Waals surface area contributed by atoms with Gasteiger partial charge in [0.15, 0.2) is 0 Å². The predicted molar refractivity (Wildman–Crippen MR) is 89.3 cm³/mol. The zero-order valence-electron chi connectivity index (χ0n) is 14.0. The van der Waals surface area contributed by atoms with Crippen molar-refractivity contribution in [1.29, 1.82) is 0 Å². The van der Waals surface area contributed by atoms with Crippen molar-refractivity contribution in [3.63, 3.8) is 0 Å². The van der Waals surface area contributed by atoms with Gasteiger partial charge in [0.2, 0.25) is 0 Å². The molecule has 4 nitrogen and oxygen atoms in total. The third-order valence-electron chi connectivity index (χ3n) is 3.76. The Morgan fingerprint density at radius 1 is 1.23 bits per heavy atom. The van der Waals surface area contributed by atoms with E-state index in [0.717, 1.165) is 30.6 Å². The van der Waals surface area contributed by atoms with Crippen LogP contribution >= 0.6 is 0 Å². The Morgan fingerprint density at radius 2 is 1.86 bits per heavy atom. The third-order valence-corrected chi connectivity index (χ3v) is 3.76. The smallest absolute Gasteiger partial charge is 0.130 e. The molecule has 1 unspecified atom stereocenters. The highest BCUT2D eigenvalue weighted by Crippen LogP contribution is 2.13. The van der Waals surface area contributed by atoms with Crippen LogP contribution in [0.3, 0.4) is 0 Å². The number of Topliss-reactive ketones (excluding diaryl/α,β-unsaturated/α-hetero) is 1. The molecule has 124 valence electrons. The van der Waals surface area contributed by atoms with Crippen molar-refractivity contribution in [2.75, 3.05) is 13.2 Å². The fraction of sp³-hybridized carbons (Fsp3) is 0.611. The van der Waals surface area contributed by atoms with Gasteiger partial charge in [-0.1, -0.05) is 26.0 Å². The summed E-state index contributed by atoms with van der Waals surface area (Å²) in [5, 5.41) is 13.3. The molecule has 0 heterocycles. The van der Waals surface area contributed by atoms with E-state index in [1.165, 1.54) is 0 Å². The van der Waals surface area contributed by atoms with E-state index in [-0.39, 0.29) is 12.4 Å². The van der Waals surface area contributed by atoms with Crippen molar-refractivity contribution >= 4 is 5.78 Å². The maximum atomic E-state index is 11.0. The molecule has 1 atom stereocenters. The molecule has 1 rings (SSSR count). The summed E-state index contributed by atoms with van der Waals surface area (Å²) in [5.41, 5.74) is 1.12. The number of aryl methyl sites for hydroxylation is 1. The first-order valence-corrected chi connectivity index (χ1v) is 8.17. The third kappa shape index (κ3) is 7.57. The van der Waals surface area contributed by atoms with E-state index >= 15 is 0 Å². The molecule has 0 aliphatic rings. The number of ketones is 1. The number of nitrogens with one attached hydrogen (secondary N) is 1. The number of ether oxygens (including phenoxy) is 1. The molecule has 0 spiro atoms. The van der Waals surface area contributed by atoms with Crippen LogP contribution in [0.2, 0.25) is 0 Å². The van der Waals surface area contributed by atoms with Crippen LogP contribution in [-0.4, -0.2) is 36.2 Å². The van der Waals surface area contributed by atoms with Gasteiger partial charge in [-0.15, -0.1) is 0 Å². The summed E-state index contributed by atoms with van der Waals surface area (Å²) in [6, 6.07) is 8.16. The molecule has 0 fully saturated rings. The van der Waals surface area contributed by atoms with Gasteiger partial charge in [0.25, 0.3) is 0 Å². The Hall–Kier alpha value is -1.39. The van der Waals surface area contributed by atoms with E-state index < -0.39 is 6.10 Å². The molecule has 0 amide bonds. The van der Waals surface area contributed by atoms with Crippen molar-refractivity contribution in [1.82, 2.24) is 5.32 Å². The quantitative estimate of drug-likeness (QED) is 0.660. The Kier molecular flexibility index (Phi) is 8.78. The summed E-state index contributed by atoms with van der Waals surface area (Å²) in [6.45, 7) is 6.70. The Bertz CT molecular complexity index is 426. The van der Waals surface area contributed by atoms with E-state index in [9.17, 15) is 9.90 Å². The predicted octanol–water partition coefficient (Wildman–Crippen LogP) is 2.73. The van der Waals surface area contributed by atoms with Crippen molar-refractivity contribution in [3.8, 4) is 5.75 Å². The van der Waals surface area contributed by atoms with Gasteiger partial charge in [-0.2, -0.15) is 0 Å². The largest absolute Gasteiger partial charge is 0.491 e. The molecule has 0 saturated heterocycles. The van der Waals surface area contributed by atoms with Crippen molar-refractivity contribution in [3.05, 3.63) is 29.8 Å². The number of aliphatic hydroxyl groups is 1. The molecular formula is C18H29NO3. The van der Waals surface area contributed by atoms with Gasteiger partial charge < -0.3 is 20.0 Å². The molecule has 0 aromatic heterocycles. The number of hydrogen-bond acceptors (Lipinski definition) is 4. The fourth-order valence-corrected chi connectivity index (χ4v) is 2.20. The molecule has 1 aromatic carbocycles. The topological polar surface area (TPSA) is 58.6 Å². The summed E-state index contributed by atoms with van der Waals surface area (Å²) in [4.78, 5) is 11.0. The molecule has 0 radical (unpaired) electrons. The highest BCUT2D eigenvalue weighted by Gasteiger charge is 2.08. The zero-order chi connectivity index (χ0) is 16.4. The van der Waals surface area contributed by atoms with E-state index in [0.29, 0.717) is 19.0 Å². The normalized spacial score (nSPS) is 12.4. The van der Waals surface area contributed by atoms with Crippen LogP contribution in [0.15, 0.2) is 24.3 Å². The Morgan fingerprint density at radius 3 is 2.41 bits per heavy atom. The minimum Gasteiger partial charge on any atom is -0.491 e. The Labute approximate surface area is 133 Å². The van der Waals surface area contributed by atoms with Gasteiger partial charge in [0.05, 0.1) is 0 Å². The van der Waals surface area contributed by atoms with E-state index in [1.807, 2.05) is 24.3 Å². The maximum Gasteiger partial charge on any atom is 0.130 e. The average Bonchev–Trinajstić information content (AvgIpc) is 2.52. The molecule has 2 N–H and O–H groups in total. The van der Waals surface area contributed by atoms with Gasteiger partial charge in [-0.3, -0.25) is 0 Å². The number of carbonyl (C=O) groups excluding carboxylic acids is 1. The molecule has 0 aliphatic carbocycles. The van der Waals surface area contributed by atoms with Crippen molar-refractivity contribution in [2.45, 2.75) is 58.6 Å². The number of carbonyl (C=O) groups is 1.